The molecule has 0 aromatic heterocycles. The molecule has 0 saturated heterocycles. The zero-order chi connectivity index (χ0) is 22.8. The molecule has 3 rings (SSSR count). The lowest BCUT2D eigenvalue weighted by molar-refractivity contribution is -0.385. The van der Waals surface area contributed by atoms with Crippen LogP contribution in [0.5, 0.6) is 17.2 Å². The van der Waals surface area contributed by atoms with Gasteiger partial charge in [0.15, 0.2) is 23.9 Å². The van der Waals surface area contributed by atoms with Gasteiger partial charge in [0.05, 0.1) is 18.2 Å². The average molecular weight is 435 g/mol. The molecular formula is C23H21N3O6. The highest BCUT2D eigenvalue weighted by Gasteiger charge is 2.14. The number of nitrogens with zero attached hydrogens (tertiary/aromatic N) is 2. The number of rotatable bonds is 10. The number of nitrogens with one attached hydrogen (secondary N) is 1. The predicted octanol–water partition coefficient (Wildman–Crippen LogP) is 3.71. The summed E-state index contributed by atoms with van der Waals surface area (Å²) in [6.45, 7) is -0.0158. The molecule has 0 unspecified atom stereocenters. The van der Waals surface area contributed by atoms with E-state index in [0.717, 1.165) is 5.56 Å². The van der Waals surface area contributed by atoms with Crippen LogP contribution < -0.4 is 19.6 Å². The fraction of sp³-hybridized carbons (Fsp3) is 0.130. The van der Waals surface area contributed by atoms with E-state index in [1.807, 2.05) is 30.3 Å². The first-order chi connectivity index (χ1) is 15.6. The molecule has 164 valence electrons. The fourth-order valence-electron chi connectivity index (χ4n) is 2.70. The molecule has 0 fully saturated rings. The zero-order valence-corrected chi connectivity index (χ0v) is 17.3. The van der Waals surface area contributed by atoms with Gasteiger partial charge in [0.25, 0.3) is 5.91 Å². The maximum Gasteiger partial charge on any atom is 0.310 e. The molecule has 9 nitrogen and oxygen atoms in total. The van der Waals surface area contributed by atoms with Crippen LogP contribution in [0.15, 0.2) is 77.9 Å². The second-order valence-electron chi connectivity index (χ2n) is 6.49. The largest absolute Gasteiger partial charge is 0.493 e. The summed E-state index contributed by atoms with van der Waals surface area (Å²) >= 11 is 0. The molecule has 1 amide bonds. The van der Waals surface area contributed by atoms with Crippen molar-refractivity contribution < 1.29 is 23.9 Å². The number of hydrazone groups is 1. The Balaban J connectivity index is 1.53. The van der Waals surface area contributed by atoms with Gasteiger partial charge in [0.1, 0.15) is 6.61 Å². The number of methoxy groups -OCH3 is 1. The van der Waals surface area contributed by atoms with Crippen LogP contribution >= 0.6 is 0 Å². The number of para-hydroxylation sites is 2. The van der Waals surface area contributed by atoms with Crippen molar-refractivity contribution in [3.8, 4) is 17.2 Å². The molecule has 32 heavy (non-hydrogen) atoms. The van der Waals surface area contributed by atoms with Crippen LogP contribution in [0, 0.1) is 10.1 Å². The van der Waals surface area contributed by atoms with Crippen molar-refractivity contribution in [2.24, 2.45) is 5.10 Å². The van der Waals surface area contributed by atoms with Crippen LogP contribution in [0.25, 0.3) is 0 Å². The minimum Gasteiger partial charge on any atom is -0.493 e. The predicted molar refractivity (Wildman–Crippen MR) is 118 cm³/mol. The van der Waals surface area contributed by atoms with E-state index in [2.05, 4.69) is 10.5 Å². The molecule has 0 bridgehead atoms. The molecule has 0 aliphatic rings. The van der Waals surface area contributed by atoms with Crippen LogP contribution in [0.3, 0.4) is 0 Å². The van der Waals surface area contributed by atoms with Gasteiger partial charge in [-0.25, -0.2) is 5.43 Å². The summed E-state index contributed by atoms with van der Waals surface area (Å²) in [5.41, 5.74) is 3.80. The van der Waals surface area contributed by atoms with Gasteiger partial charge in [-0.2, -0.15) is 5.10 Å². The van der Waals surface area contributed by atoms with E-state index in [1.165, 1.54) is 31.5 Å². The SMILES string of the molecule is COc1cc(C=NNC(=O)COc2ccccc2[N+](=O)[O-])ccc1OCc1ccccc1. The molecular weight excluding hydrogens is 414 g/mol. The minimum absolute atomic E-state index is 0.00691. The van der Waals surface area contributed by atoms with Gasteiger partial charge < -0.3 is 14.2 Å². The lowest BCUT2D eigenvalue weighted by Gasteiger charge is -2.11. The number of benzene rings is 3. The number of amides is 1. The van der Waals surface area contributed by atoms with E-state index in [4.69, 9.17) is 14.2 Å². The lowest BCUT2D eigenvalue weighted by atomic mass is 10.2. The minimum atomic E-state index is -0.577. The molecule has 0 aliphatic carbocycles. The summed E-state index contributed by atoms with van der Waals surface area (Å²) in [4.78, 5) is 22.3. The van der Waals surface area contributed by atoms with Crippen LogP contribution in [0.2, 0.25) is 0 Å². The Morgan fingerprint density at radius 2 is 1.75 bits per heavy atom. The van der Waals surface area contributed by atoms with E-state index in [-0.39, 0.29) is 11.4 Å². The van der Waals surface area contributed by atoms with Gasteiger partial charge in [0.2, 0.25) is 0 Å². The van der Waals surface area contributed by atoms with Gasteiger partial charge >= 0.3 is 5.69 Å². The highest BCUT2D eigenvalue weighted by Crippen LogP contribution is 2.28. The second kappa shape index (κ2) is 11.1. The van der Waals surface area contributed by atoms with Crippen molar-refractivity contribution in [1.82, 2.24) is 5.43 Å². The van der Waals surface area contributed by atoms with E-state index in [0.29, 0.717) is 23.7 Å². The molecule has 9 heteroatoms. The standard InChI is InChI=1S/C23H21N3O6/c1-30-22-13-18(11-12-21(22)31-15-17-7-3-2-4-8-17)14-24-25-23(27)16-32-20-10-6-5-9-19(20)26(28)29/h2-14H,15-16H2,1H3,(H,25,27). The molecule has 0 spiro atoms. The van der Waals surface area contributed by atoms with Crippen LogP contribution in [-0.4, -0.2) is 30.8 Å². The number of ether oxygens (including phenoxy) is 3. The molecule has 0 aliphatic heterocycles. The number of nitro groups is 1. The summed E-state index contributed by atoms with van der Waals surface area (Å²) < 4.78 is 16.4. The Kier molecular flexibility index (Phi) is 7.74. The number of carbonyl (C=O) groups is 1. The van der Waals surface area contributed by atoms with Gasteiger partial charge in [-0.05, 0) is 35.4 Å². The van der Waals surface area contributed by atoms with Crippen LogP contribution in [0.1, 0.15) is 11.1 Å². The Labute approximate surface area is 184 Å². The van der Waals surface area contributed by atoms with E-state index in [9.17, 15) is 14.9 Å². The molecule has 0 saturated carbocycles. The molecule has 3 aromatic carbocycles. The van der Waals surface area contributed by atoms with Gasteiger partial charge in [-0.15, -0.1) is 0 Å². The first-order valence-corrected chi connectivity index (χ1v) is 9.59. The van der Waals surface area contributed by atoms with Crippen molar-refractivity contribution in [3.63, 3.8) is 0 Å². The topological polar surface area (TPSA) is 112 Å². The van der Waals surface area contributed by atoms with Crippen molar-refractivity contribution in [2.75, 3.05) is 13.7 Å². The summed E-state index contributed by atoms with van der Waals surface area (Å²) in [5, 5.41) is 14.8. The molecule has 0 heterocycles. The van der Waals surface area contributed by atoms with E-state index < -0.39 is 17.4 Å². The Morgan fingerprint density at radius 1 is 1.00 bits per heavy atom. The monoisotopic (exact) mass is 435 g/mol. The van der Waals surface area contributed by atoms with Crippen molar-refractivity contribution in [2.45, 2.75) is 6.61 Å². The van der Waals surface area contributed by atoms with Gasteiger partial charge in [-0.3, -0.25) is 14.9 Å². The van der Waals surface area contributed by atoms with Crippen molar-refractivity contribution in [1.29, 1.82) is 0 Å². The summed E-state index contributed by atoms with van der Waals surface area (Å²) in [6.07, 6.45) is 1.44. The van der Waals surface area contributed by atoms with E-state index >= 15 is 0 Å². The second-order valence-corrected chi connectivity index (χ2v) is 6.49. The highest BCUT2D eigenvalue weighted by atomic mass is 16.6. The maximum absolute atomic E-state index is 11.9. The summed E-state index contributed by atoms with van der Waals surface area (Å²) in [5.74, 6) is 0.549. The van der Waals surface area contributed by atoms with Gasteiger partial charge in [0, 0.05) is 6.07 Å². The third-order valence-corrected chi connectivity index (χ3v) is 4.25. The van der Waals surface area contributed by atoms with Gasteiger partial charge in [-0.1, -0.05) is 42.5 Å². The smallest absolute Gasteiger partial charge is 0.310 e. The van der Waals surface area contributed by atoms with Crippen molar-refractivity contribution in [3.05, 3.63) is 94.0 Å². The molecule has 0 radical (unpaired) electrons. The quantitative estimate of drug-likeness (QED) is 0.295. The number of carbonyl (C=O) groups excluding carboxylic acids is 1. The number of nitro benzene ring substituents is 1. The van der Waals surface area contributed by atoms with Crippen LogP contribution in [0.4, 0.5) is 5.69 Å². The average Bonchev–Trinajstić information content (AvgIpc) is 2.82. The third-order valence-electron chi connectivity index (χ3n) is 4.25. The molecule has 3 aromatic rings. The Morgan fingerprint density at radius 3 is 2.50 bits per heavy atom. The van der Waals surface area contributed by atoms with Crippen molar-refractivity contribution >= 4 is 17.8 Å². The molecule has 0 atom stereocenters. The van der Waals surface area contributed by atoms with Crippen LogP contribution in [-0.2, 0) is 11.4 Å². The first-order valence-electron chi connectivity index (χ1n) is 9.59. The van der Waals surface area contributed by atoms with E-state index in [1.54, 1.807) is 24.3 Å². The fourth-order valence-corrected chi connectivity index (χ4v) is 2.70. The highest BCUT2D eigenvalue weighted by molar-refractivity contribution is 5.83. The number of hydrogen-bond donors (Lipinski definition) is 1. The first kappa shape index (κ1) is 22.3. The normalized spacial score (nSPS) is 10.5. The maximum atomic E-state index is 11.9. The summed E-state index contributed by atoms with van der Waals surface area (Å²) in [6, 6.07) is 20.8. The lowest BCUT2D eigenvalue weighted by Crippen LogP contribution is -2.24. The number of hydrogen-bond acceptors (Lipinski definition) is 7. The third kappa shape index (κ3) is 6.30. The Hall–Kier alpha value is -4.40. The molecule has 1 N–H and O–H groups in total. The summed E-state index contributed by atoms with van der Waals surface area (Å²) in [7, 11) is 1.54. The zero-order valence-electron chi connectivity index (χ0n) is 17.3. The Bertz CT molecular complexity index is 1100.